The summed E-state index contributed by atoms with van der Waals surface area (Å²) in [6.07, 6.45) is 6.51. The van der Waals surface area contributed by atoms with Gasteiger partial charge in [-0.2, -0.15) is 0 Å². The van der Waals surface area contributed by atoms with Gasteiger partial charge in [0.25, 0.3) is 0 Å². The predicted molar refractivity (Wildman–Crippen MR) is 78.6 cm³/mol. The first-order valence-corrected chi connectivity index (χ1v) is 7.32. The molecule has 0 aliphatic heterocycles. The SMILES string of the molecule is COC1CCCC(OCCCNc2ccccc2)C1. The number of methoxy groups -OCH3 is 1. The monoisotopic (exact) mass is 263 g/mol. The molecule has 2 rings (SSSR count). The summed E-state index contributed by atoms with van der Waals surface area (Å²) in [4.78, 5) is 0. The number of anilines is 1. The van der Waals surface area contributed by atoms with E-state index >= 15 is 0 Å². The molecule has 1 fully saturated rings. The predicted octanol–water partition coefficient (Wildman–Crippen LogP) is 3.46. The van der Waals surface area contributed by atoms with Crippen molar-refractivity contribution in [2.45, 2.75) is 44.3 Å². The summed E-state index contributed by atoms with van der Waals surface area (Å²) in [6, 6.07) is 10.3. The van der Waals surface area contributed by atoms with Crippen LogP contribution in [0.5, 0.6) is 0 Å². The maximum absolute atomic E-state index is 5.93. The van der Waals surface area contributed by atoms with Gasteiger partial charge in [0.05, 0.1) is 12.2 Å². The van der Waals surface area contributed by atoms with E-state index in [1.165, 1.54) is 24.9 Å². The van der Waals surface area contributed by atoms with E-state index < -0.39 is 0 Å². The van der Waals surface area contributed by atoms with E-state index in [1.807, 2.05) is 18.2 Å². The molecule has 0 bridgehead atoms. The molecule has 0 saturated heterocycles. The molecule has 0 spiro atoms. The molecule has 1 N–H and O–H groups in total. The van der Waals surface area contributed by atoms with Crippen LogP contribution in [0.15, 0.2) is 30.3 Å². The highest BCUT2D eigenvalue weighted by Gasteiger charge is 2.21. The van der Waals surface area contributed by atoms with Gasteiger partial charge in [-0.15, -0.1) is 0 Å². The first-order chi connectivity index (χ1) is 9.38. The standard InChI is InChI=1S/C16H25NO2/c1-18-15-9-5-10-16(13-15)19-12-6-11-17-14-7-3-2-4-8-14/h2-4,7-8,15-17H,5-6,9-13H2,1H3. The average molecular weight is 263 g/mol. The highest BCUT2D eigenvalue weighted by molar-refractivity contribution is 5.42. The summed E-state index contributed by atoms with van der Waals surface area (Å²) in [6.45, 7) is 1.80. The van der Waals surface area contributed by atoms with Crippen LogP contribution >= 0.6 is 0 Å². The fourth-order valence-corrected chi connectivity index (χ4v) is 2.58. The minimum atomic E-state index is 0.399. The van der Waals surface area contributed by atoms with E-state index in [9.17, 15) is 0 Å². The lowest BCUT2D eigenvalue weighted by atomic mass is 9.95. The summed E-state index contributed by atoms with van der Waals surface area (Å²) in [5.74, 6) is 0. The zero-order valence-corrected chi connectivity index (χ0v) is 11.8. The molecule has 2 unspecified atom stereocenters. The third-order valence-corrected chi connectivity index (χ3v) is 3.69. The number of para-hydroxylation sites is 1. The van der Waals surface area contributed by atoms with Crippen LogP contribution in [0.25, 0.3) is 0 Å². The van der Waals surface area contributed by atoms with Crippen molar-refractivity contribution in [1.29, 1.82) is 0 Å². The molecule has 1 aromatic carbocycles. The molecule has 0 aromatic heterocycles. The van der Waals surface area contributed by atoms with Gasteiger partial charge < -0.3 is 14.8 Å². The van der Waals surface area contributed by atoms with Crippen molar-refractivity contribution in [3.05, 3.63) is 30.3 Å². The van der Waals surface area contributed by atoms with Gasteiger partial charge in [0.1, 0.15) is 0 Å². The summed E-state index contributed by atoms with van der Waals surface area (Å²) >= 11 is 0. The van der Waals surface area contributed by atoms with Gasteiger partial charge in [0.2, 0.25) is 0 Å². The topological polar surface area (TPSA) is 30.5 Å². The lowest BCUT2D eigenvalue weighted by molar-refractivity contribution is -0.0293. The normalized spacial score (nSPS) is 23.2. The van der Waals surface area contributed by atoms with Crippen molar-refractivity contribution in [2.75, 3.05) is 25.6 Å². The molecule has 3 nitrogen and oxygen atoms in total. The maximum atomic E-state index is 5.93. The summed E-state index contributed by atoms with van der Waals surface area (Å²) in [5, 5.41) is 3.40. The van der Waals surface area contributed by atoms with Gasteiger partial charge in [-0.3, -0.25) is 0 Å². The van der Waals surface area contributed by atoms with E-state index in [2.05, 4.69) is 17.4 Å². The summed E-state index contributed by atoms with van der Waals surface area (Å²) in [7, 11) is 1.80. The number of nitrogens with one attached hydrogen (secondary N) is 1. The Morgan fingerprint density at radius 1 is 1.16 bits per heavy atom. The Morgan fingerprint density at radius 2 is 1.95 bits per heavy atom. The average Bonchev–Trinajstić information content (AvgIpc) is 2.48. The smallest absolute Gasteiger partial charge is 0.0599 e. The fraction of sp³-hybridized carbons (Fsp3) is 0.625. The largest absolute Gasteiger partial charge is 0.385 e. The molecule has 3 heteroatoms. The molecule has 1 aromatic rings. The Balaban J connectivity index is 1.54. The van der Waals surface area contributed by atoms with Crippen LogP contribution in [0.1, 0.15) is 32.1 Å². The molecular formula is C16H25NO2. The fourth-order valence-electron chi connectivity index (χ4n) is 2.58. The van der Waals surface area contributed by atoms with Gasteiger partial charge in [-0.05, 0) is 44.2 Å². The highest BCUT2D eigenvalue weighted by Crippen LogP contribution is 2.23. The number of hydrogen-bond acceptors (Lipinski definition) is 3. The van der Waals surface area contributed by atoms with Crippen LogP contribution in [-0.4, -0.2) is 32.5 Å². The first kappa shape index (κ1) is 14.4. The van der Waals surface area contributed by atoms with Crippen LogP contribution < -0.4 is 5.32 Å². The van der Waals surface area contributed by atoms with E-state index in [4.69, 9.17) is 9.47 Å². The molecule has 0 heterocycles. The van der Waals surface area contributed by atoms with E-state index in [1.54, 1.807) is 7.11 Å². The molecule has 106 valence electrons. The van der Waals surface area contributed by atoms with Crippen LogP contribution in [0.2, 0.25) is 0 Å². The molecule has 1 aliphatic carbocycles. The van der Waals surface area contributed by atoms with Gasteiger partial charge in [0.15, 0.2) is 0 Å². The van der Waals surface area contributed by atoms with Crippen molar-refractivity contribution in [2.24, 2.45) is 0 Å². The van der Waals surface area contributed by atoms with Crippen molar-refractivity contribution < 1.29 is 9.47 Å². The third kappa shape index (κ3) is 5.21. The molecule has 0 amide bonds. The van der Waals surface area contributed by atoms with E-state index in [-0.39, 0.29) is 0 Å². The van der Waals surface area contributed by atoms with Crippen LogP contribution in [0.3, 0.4) is 0 Å². The van der Waals surface area contributed by atoms with Crippen LogP contribution in [0, 0.1) is 0 Å². The number of hydrogen-bond donors (Lipinski definition) is 1. The molecular weight excluding hydrogens is 238 g/mol. The Kier molecular flexibility index (Phi) is 6.18. The van der Waals surface area contributed by atoms with Gasteiger partial charge >= 0.3 is 0 Å². The maximum Gasteiger partial charge on any atom is 0.0599 e. The Hall–Kier alpha value is -1.06. The lowest BCUT2D eigenvalue weighted by Gasteiger charge is -2.28. The lowest BCUT2D eigenvalue weighted by Crippen LogP contribution is -2.28. The second-order valence-electron chi connectivity index (χ2n) is 5.16. The zero-order chi connectivity index (χ0) is 13.3. The molecule has 1 saturated carbocycles. The second-order valence-corrected chi connectivity index (χ2v) is 5.16. The molecule has 1 aliphatic rings. The summed E-state index contributed by atoms with van der Waals surface area (Å²) in [5.41, 5.74) is 1.18. The third-order valence-electron chi connectivity index (χ3n) is 3.69. The summed E-state index contributed by atoms with van der Waals surface area (Å²) < 4.78 is 11.3. The number of rotatable bonds is 7. The zero-order valence-electron chi connectivity index (χ0n) is 11.8. The quantitative estimate of drug-likeness (QED) is 0.764. The Labute approximate surface area is 116 Å². The second kappa shape index (κ2) is 8.18. The van der Waals surface area contributed by atoms with Gasteiger partial charge in [0, 0.05) is 25.9 Å². The van der Waals surface area contributed by atoms with Gasteiger partial charge in [-0.25, -0.2) is 0 Å². The number of ether oxygens (including phenoxy) is 2. The molecule has 2 atom stereocenters. The van der Waals surface area contributed by atoms with Crippen LogP contribution in [-0.2, 0) is 9.47 Å². The van der Waals surface area contributed by atoms with E-state index in [0.29, 0.717) is 12.2 Å². The van der Waals surface area contributed by atoms with Crippen molar-refractivity contribution in [3.8, 4) is 0 Å². The minimum absolute atomic E-state index is 0.399. The first-order valence-electron chi connectivity index (χ1n) is 7.32. The molecule has 0 radical (unpaired) electrons. The molecule has 19 heavy (non-hydrogen) atoms. The number of benzene rings is 1. The van der Waals surface area contributed by atoms with Crippen LogP contribution in [0.4, 0.5) is 5.69 Å². The van der Waals surface area contributed by atoms with Gasteiger partial charge in [-0.1, -0.05) is 18.2 Å². The van der Waals surface area contributed by atoms with Crippen molar-refractivity contribution in [1.82, 2.24) is 0 Å². The Morgan fingerprint density at radius 3 is 2.74 bits per heavy atom. The van der Waals surface area contributed by atoms with Crippen molar-refractivity contribution >= 4 is 5.69 Å². The van der Waals surface area contributed by atoms with E-state index in [0.717, 1.165) is 26.0 Å². The Bertz CT molecular complexity index is 342. The highest BCUT2D eigenvalue weighted by atomic mass is 16.5. The van der Waals surface area contributed by atoms with Crippen molar-refractivity contribution in [3.63, 3.8) is 0 Å². The minimum Gasteiger partial charge on any atom is -0.385 e.